The van der Waals surface area contributed by atoms with E-state index in [2.05, 4.69) is 35.9 Å². The van der Waals surface area contributed by atoms with E-state index in [1.165, 1.54) is 12.4 Å². The van der Waals surface area contributed by atoms with E-state index < -0.39 is 5.91 Å². The van der Waals surface area contributed by atoms with Crippen LogP contribution in [-0.2, 0) is 0 Å². The van der Waals surface area contributed by atoms with Gasteiger partial charge in [-0.25, -0.2) is 4.98 Å². The van der Waals surface area contributed by atoms with E-state index in [-0.39, 0.29) is 17.5 Å². The Hall–Kier alpha value is -3.36. The third kappa shape index (κ3) is 3.15. The number of anilines is 1. The number of nitrogens with one attached hydrogen (secondary N) is 2. The summed E-state index contributed by atoms with van der Waals surface area (Å²) in [6, 6.07) is 9.07. The zero-order valence-electron chi connectivity index (χ0n) is 10.6. The highest BCUT2D eigenvalue weighted by Crippen LogP contribution is 2.17. The summed E-state index contributed by atoms with van der Waals surface area (Å²) in [6.07, 6.45) is 2.73. The second-order valence-electron chi connectivity index (χ2n) is 3.85. The molecule has 104 valence electrons. The molecule has 9 nitrogen and oxygen atoms in total. The molecule has 0 unspecified atom stereocenters. The number of rotatable bonds is 4. The van der Waals surface area contributed by atoms with Gasteiger partial charge >= 0.3 is 0 Å². The Kier molecular flexibility index (Phi) is 3.46. The zero-order valence-corrected chi connectivity index (χ0v) is 10.6. The summed E-state index contributed by atoms with van der Waals surface area (Å²) in [5.41, 5.74) is 0.0771. The topological polar surface area (TPSA) is 119 Å². The smallest absolute Gasteiger partial charge is 0.278 e. The molecule has 0 fully saturated rings. The van der Waals surface area contributed by atoms with E-state index in [0.29, 0.717) is 5.75 Å². The van der Waals surface area contributed by atoms with Gasteiger partial charge in [0, 0.05) is 0 Å². The first-order chi connectivity index (χ1) is 10.3. The molecule has 2 N–H and O–H groups in total. The van der Waals surface area contributed by atoms with E-state index >= 15 is 0 Å². The van der Waals surface area contributed by atoms with Crippen LogP contribution in [-0.4, -0.2) is 36.5 Å². The van der Waals surface area contributed by atoms with Crippen LogP contribution in [0.15, 0.2) is 42.7 Å². The highest BCUT2D eigenvalue weighted by molar-refractivity contribution is 6.01. The predicted octanol–water partition coefficient (Wildman–Crippen LogP) is 1.03. The van der Waals surface area contributed by atoms with Crippen LogP contribution in [0.25, 0.3) is 0 Å². The Labute approximate surface area is 118 Å². The molecule has 0 saturated heterocycles. The number of hydrogen-bond acceptors (Lipinski definition) is 7. The van der Waals surface area contributed by atoms with Gasteiger partial charge in [0.15, 0.2) is 5.69 Å². The fourth-order valence-electron chi connectivity index (χ4n) is 1.50. The lowest BCUT2D eigenvalue weighted by Gasteiger charge is -2.05. The Morgan fingerprint density at radius 1 is 1.19 bits per heavy atom. The van der Waals surface area contributed by atoms with Gasteiger partial charge in [0.05, 0.1) is 12.4 Å². The van der Waals surface area contributed by atoms with E-state index in [0.717, 1.165) is 0 Å². The van der Waals surface area contributed by atoms with E-state index in [9.17, 15) is 4.79 Å². The van der Waals surface area contributed by atoms with Gasteiger partial charge in [-0.05, 0) is 17.3 Å². The van der Waals surface area contributed by atoms with Gasteiger partial charge in [0.25, 0.3) is 11.9 Å². The average Bonchev–Trinajstić information content (AvgIpc) is 3.01. The highest BCUT2D eigenvalue weighted by Gasteiger charge is 2.12. The van der Waals surface area contributed by atoms with Gasteiger partial charge in [-0.1, -0.05) is 23.3 Å². The summed E-state index contributed by atoms with van der Waals surface area (Å²) in [5.74, 6) is 0.350. The van der Waals surface area contributed by atoms with E-state index in [4.69, 9.17) is 4.74 Å². The molecule has 0 spiro atoms. The number of aromatic nitrogens is 6. The largest absolute Gasteiger partial charge is 0.437 e. The van der Waals surface area contributed by atoms with Gasteiger partial charge < -0.3 is 4.74 Å². The molecule has 21 heavy (non-hydrogen) atoms. The normalized spacial score (nSPS) is 10.1. The van der Waals surface area contributed by atoms with Crippen molar-refractivity contribution in [3.05, 3.63) is 48.4 Å². The minimum atomic E-state index is -0.512. The standard InChI is InChI=1S/C12H9N7O2/c20-11(15-12-16-18-19-17-12)9-6-13-7-10(14-9)21-8-4-2-1-3-5-8/h1-7H,(H2,15,16,17,18,19,20). The molecule has 3 aromatic rings. The molecule has 9 heteroatoms. The molecule has 2 heterocycles. The van der Waals surface area contributed by atoms with Crippen LogP contribution in [0, 0.1) is 0 Å². The quantitative estimate of drug-likeness (QED) is 0.734. The number of carbonyl (C=O) groups is 1. The molecule has 3 rings (SSSR count). The van der Waals surface area contributed by atoms with Crippen LogP contribution in [0.1, 0.15) is 10.5 Å². The van der Waals surface area contributed by atoms with Gasteiger partial charge in [0.2, 0.25) is 5.88 Å². The maximum Gasteiger partial charge on any atom is 0.278 e. The fraction of sp³-hybridized carbons (Fsp3) is 0. The third-order valence-electron chi connectivity index (χ3n) is 2.38. The molecule has 0 aliphatic carbocycles. The molecule has 1 aromatic carbocycles. The maximum atomic E-state index is 11.9. The lowest BCUT2D eigenvalue weighted by molar-refractivity contribution is 0.102. The molecular weight excluding hydrogens is 274 g/mol. The van der Waals surface area contributed by atoms with Crippen LogP contribution in [0.5, 0.6) is 11.6 Å². The second-order valence-corrected chi connectivity index (χ2v) is 3.85. The molecule has 1 amide bonds. The monoisotopic (exact) mass is 283 g/mol. The number of H-pyrrole nitrogens is 1. The van der Waals surface area contributed by atoms with Crippen LogP contribution < -0.4 is 10.1 Å². The first kappa shape index (κ1) is 12.7. The van der Waals surface area contributed by atoms with Gasteiger partial charge in [-0.2, -0.15) is 5.21 Å². The predicted molar refractivity (Wildman–Crippen MR) is 70.7 cm³/mol. The second kappa shape index (κ2) is 5.74. The van der Waals surface area contributed by atoms with Crippen molar-refractivity contribution in [2.45, 2.75) is 0 Å². The van der Waals surface area contributed by atoms with E-state index in [1.807, 2.05) is 18.2 Å². The summed E-state index contributed by atoms with van der Waals surface area (Å²) < 4.78 is 5.50. The van der Waals surface area contributed by atoms with Crippen molar-refractivity contribution in [3.8, 4) is 11.6 Å². The van der Waals surface area contributed by atoms with Crippen LogP contribution in [0.4, 0.5) is 5.95 Å². The Bertz CT molecular complexity index is 730. The Morgan fingerprint density at radius 3 is 2.81 bits per heavy atom. The Balaban J connectivity index is 1.75. The van der Waals surface area contributed by atoms with Gasteiger partial charge in [-0.3, -0.25) is 15.1 Å². The number of tetrazole rings is 1. The van der Waals surface area contributed by atoms with Crippen molar-refractivity contribution in [2.75, 3.05) is 5.32 Å². The maximum absolute atomic E-state index is 11.9. The number of benzene rings is 1. The lowest BCUT2D eigenvalue weighted by Crippen LogP contribution is -2.15. The summed E-state index contributed by atoms with van der Waals surface area (Å²) in [6.45, 7) is 0. The SMILES string of the molecule is O=C(Nc1nn[nH]n1)c1cncc(Oc2ccccc2)n1. The number of carbonyl (C=O) groups excluding carboxylic acids is 1. The number of nitrogens with zero attached hydrogens (tertiary/aromatic N) is 5. The number of para-hydroxylation sites is 1. The summed E-state index contributed by atoms with van der Waals surface area (Å²) in [5, 5.41) is 15.2. The van der Waals surface area contributed by atoms with Crippen LogP contribution in [0.2, 0.25) is 0 Å². The molecule has 0 aliphatic rings. The fourth-order valence-corrected chi connectivity index (χ4v) is 1.50. The molecule has 0 radical (unpaired) electrons. The zero-order chi connectivity index (χ0) is 14.5. The lowest BCUT2D eigenvalue weighted by atomic mass is 10.3. The van der Waals surface area contributed by atoms with Crippen molar-refractivity contribution < 1.29 is 9.53 Å². The minimum Gasteiger partial charge on any atom is -0.437 e. The summed E-state index contributed by atoms with van der Waals surface area (Å²) in [7, 11) is 0. The van der Waals surface area contributed by atoms with Crippen molar-refractivity contribution in [2.24, 2.45) is 0 Å². The number of aromatic amines is 1. The molecule has 0 aliphatic heterocycles. The van der Waals surface area contributed by atoms with E-state index in [1.54, 1.807) is 12.1 Å². The number of amides is 1. The molecular formula is C12H9N7O2. The van der Waals surface area contributed by atoms with Crippen LogP contribution >= 0.6 is 0 Å². The summed E-state index contributed by atoms with van der Waals surface area (Å²) >= 11 is 0. The Morgan fingerprint density at radius 2 is 2.05 bits per heavy atom. The van der Waals surface area contributed by atoms with Crippen molar-refractivity contribution in [3.63, 3.8) is 0 Å². The third-order valence-corrected chi connectivity index (χ3v) is 2.38. The minimum absolute atomic E-state index is 0.0520. The molecule has 0 saturated carbocycles. The van der Waals surface area contributed by atoms with Crippen LogP contribution in [0.3, 0.4) is 0 Å². The van der Waals surface area contributed by atoms with Crippen molar-refractivity contribution in [1.82, 2.24) is 30.6 Å². The molecule has 0 atom stereocenters. The number of ether oxygens (including phenoxy) is 1. The average molecular weight is 283 g/mol. The van der Waals surface area contributed by atoms with Crippen molar-refractivity contribution in [1.29, 1.82) is 0 Å². The first-order valence-corrected chi connectivity index (χ1v) is 5.91. The summed E-state index contributed by atoms with van der Waals surface area (Å²) in [4.78, 5) is 19.9. The van der Waals surface area contributed by atoms with Gasteiger partial charge in [0.1, 0.15) is 5.75 Å². The first-order valence-electron chi connectivity index (χ1n) is 5.91. The van der Waals surface area contributed by atoms with Gasteiger partial charge in [-0.15, -0.1) is 5.10 Å². The molecule has 2 aromatic heterocycles. The van der Waals surface area contributed by atoms with Crippen molar-refractivity contribution >= 4 is 11.9 Å². The molecule has 0 bridgehead atoms. The highest BCUT2D eigenvalue weighted by atomic mass is 16.5. The number of hydrogen-bond donors (Lipinski definition) is 2.